The zero-order valence-electron chi connectivity index (χ0n) is 9.24. The smallest absolute Gasteiger partial charge is 0.261 e. The third kappa shape index (κ3) is 1.94. The lowest BCUT2D eigenvalue weighted by molar-refractivity contribution is -0.118. The van der Waals surface area contributed by atoms with E-state index in [0.29, 0.717) is 11.1 Å². The van der Waals surface area contributed by atoms with Crippen molar-refractivity contribution in [2.75, 3.05) is 13.1 Å². The average Bonchev–Trinajstić information content (AvgIpc) is 2.62. The van der Waals surface area contributed by atoms with Gasteiger partial charge in [-0.2, -0.15) is 0 Å². The van der Waals surface area contributed by atoms with E-state index < -0.39 is 17.6 Å². The van der Waals surface area contributed by atoms with Crippen molar-refractivity contribution in [3.05, 3.63) is 45.8 Å². The van der Waals surface area contributed by atoms with Gasteiger partial charge in [-0.3, -0.25) is 19.3 Å². The summed E-state index contributed by atoms with van der Waals surface area (Å²) in [6.45, 7) is -0.741. The number of carbonyl (C=O) groups is 3. The molecule has 1 aromatic rings. The van der Waals surface area contributed by atoms with Gasteiger partial charge >= 0.3 is 0 Å². The maximum absolute atomic E-state index is 11.9. The van der Waals surface area contributed by atoms with Gasteiger partial charge in [-0.15, -0.1) is 0 Å². The fourth-order valence-corrected chi connectivity index (χ4v) is 1.72. The fraction of sp³-hybridized carbons (Fsp3) is 0.182. The van der Waals surface area contributed by atoms with Crippen molar-refractivity contribution < 1.29 is 14.4 Å². The van der Waals surface area contributed by atoms with Gasteiger partial charge in [0.15, 0.2) is 5.78 Å². The molecule has 0 radical (unpaired) electrons. The van der Waals surface area contributed by atoms with Crippen LogP contribution in [0.4, 0.5) is 0 Å². The van der Waals surface area contributed by atoms with Gasteiger partial charge in [0.25, 0.3) is 11.8 Å². The van der Waals surface area contributed by atoms with Crippen molar-refractivity contribution in [2.45, 2.75) is 0 Å². The number of benzene rings is 1. The second-order valence-electron chi connectivity index (χ2n) is 3.67. The summed E-state index contributed by atoms with van der Waals surface area (Å²) in [6, 6.07) is 6.37. The van der Waals surface area contributed by atoms with Gasteiger partial charge in [-0.05, 0) is 17.7 Å². The van der Waals surface area contributed by atoms with E-state index in [1.807, 2.05) is 0 Å². The molecule has 7 heteroatoms. The van der Waals surface area contributed by atoms with Crippen molar-refractivity contribution in [1.29, 1.82) is 0 Å². The maximum atomic E-state index is 11.9. The Hall–Kier alpha value is -2.66. The fourth-order valence-electron chi connectivity index (χ4n) is 1.72. The molecule has 90 valence electrons. The van der Waals surface area contributed by atoms with Crippen LogP contribution in [-0.4, -0.2) is 35.6 Å². The van der Waals surface area contributed by atoms with Crippen molar-refractivity contribution in [2.24, 2.45) is 5.11 Å². The van der Waals surface area contributed by atoms with Crippen molar-refractivity contribution in [1.82, 2.24) is 4.90 Å². The highest BCUT2D eigenvalue weighted by atomic mass is 16.2. The highest BCUT2D eigenvalue weighted by molar-refractivity contribution is 6.22. The lowest BCUT2D eigenvalue weighted by Gasteiger charge is -2.11. The number of nitrogens with zero attached hydrogens (tertiary/aromatic N) is 4. The number of ketones is 1. The molecule has 0 aromatic heterocycles. The predicted molar refractivity (Wildman–Crippen MR) is 60.8 cm³/mol. The molecule has 0 fully saturated rings. The van der Waals surface area contributed by atoms with Crippen LogP contribution >= 0.6 is 0 Å². The minimum absolute atomic E-state index is 0.291. The molecule has 0 atom stereocenters. The Morgan fingerprint density at radius 2 is 1.78 bits per heavy atom. The SMILES string of the molecule is [N-]=[N+]=NCC(=O)CN1C(=O)c2ccccc2C1=O. The summed E-state index contributed by atoms with van der Waals surface area (Å²) in [5.74, 6) is -1.47. The number of azide groups is 1. The summed E-state index contributed by atoms with van der Waals surface area (Å²) in [6.07, 6.45) is 0. The molecule has 18 heavy (non-hydrogen) atoms. The molecule has 0 aliphatic carbocycles. The highest BCUT2D eigenvalue weighted by Gasteiger charge is 2.35. The normalized spacial score (nSPS) is 13.2. The van der Waals surface area contributed by atoms with E-state index in [-0.39, 0.29) is 13.1 Å². The Kier molecular flexibility index (Phi) is 3.07. The summed E-state index contributed by atoms with van der Waals surface area (Å²) >= 11 is 0. The van der Waals surface area contributed by atoms with E-state index in [0.717, 1.165) is 4.90 Å². The molecule has 0 saturated heterocycles. The van der Waals surface area contributed by atoms with Gasteiger partial charge in [-0.1, -0.05) is 17.2 Å². The Labute approximate surface area is 102 Å². The molecule has 0 unspecified atom stereocenters. The van der Waals surface area contributed by atoms with E-state index in [2.05, 4.69) is 10.0 Å². The molecular formula is C11H8N4O3. The van der Waals surface area contributed by atoms with Gasteiger partial charge in [0.1, 0.15) is 0 Å². The van der Waals surface area contributed by atoms with Crippen molar-refractivity contribution in [3.8, 4) is 0 Å². The Morgan fingerprint density at radius 3 is 2.28 bits per heavy atom. The molecular weight excluding hydrogens is 236 g/mol. The van der Waals surface area contributed by atoms with E-state index in [1.165, 1.54) is 12.1 Å². The quantitative estimate of drug-likeness (QED) is 0.343. The Bertz CT molecular complexity index is 555. The van der Waals surface area contributed by atoms with E-state index >= 15 is 0 Å². The summed E-state index contributed by atoms with van der Waals surface area (Å²) in [4.78, 5) is 38.4. The second-order valence-corrected chi connectivity index (χ2v) is 3.67. The minimum Gasteiger partial charge on any atom is -0.298 e. The Balaban J connectivity index is 2.19. The summed E-state index contributed by atoms with van der Waals surface area (Å²) in [5, 5.41) is 3.09. The molecule has 1 aliphatic rings. The third-order valence-electron chi connectivity index (χ3n) is 2.52. The van der Waals surface area contributed by atoms with Crippen LogP contribution in [0.1, 0.15) is 20.7 Å². The van der Waals surface area contributed by atoms with Crippen LogP contribution in [0.25, 0.3) is 10.4 Å². The second kappa shape index (κ2) is 4.68. The van der Waals surface area contributed by atoms with Gasteiger partial charge < -0.3 is 0 Å². The van der Waals surface area contributed by atoms with Gasteiger partial charge in [0, 0.05) is 4.91 Å². The van der Waals surface area contributed by atoms with E-state index in [9.17, 15) is 14.4 Å². The number of hydrogen-bond acceptors (Lipinski definition) is 4. The molecule has 2 rings (SSSR count). The summed E-state index contributed by atoms with van der Waals surface area (Å²) in [5.41, 5.74) is 8.66. The summed E-state index contributed by atoms with van der Waals surface area (Å²) in [7, 11) is 0. The zero-order valence-corrected chi connectivity index (χ0v) is 9.24. The number of imide groups is 1. The van der Waals surface area contributed by atoms with Crippen LogP contribution in [0, 0.1) is 0 Å². The van der Waals surface area contributed by atoms with Gasteiger partial charge in [-0.25, -0.2) is 0 Å². The van der Waals surface area contributed by atoms with Crippen molar-refractivity contribution >= 4 is 17.6 Å². The highest BCUT2D eigenvalue weighted by Crippen LogP contribution is 2.21. The molecule has 1 aliphatic heterocycles. The zero-order chi connectivity index (χ0) is 13.1. The lowest BCUT2D eigenvalue weighted by atomic mass is 10.1. The van der Waals surface area contributed by atoms with Crippen LogP contribution < -0.4 is 0 Å². The first-order valence-electron chi connectivity index (χ1n) is 5.13. The topological polar surface area (TPSA) is 103 Å². The molecule has 1 aromatic carbocycles. The van der Waals surface area contributed by atoms with Crippen molar-refractivity contribution in [3.63, 3.8) is 0 Å². The van der Waals surface area contributed by atoms with Crippen LogP contribution in [0.2, 0.25) is 0 Å². The molecule has 1 heterocycles. The molecule has 2 amide bonds. The maximum Gasteiger partial charge on any atom is 0.261 e. The van der Waals surface area contributed by atoms with Crippen LogP contribution in [0.3, 0.4) is 0 Å². The average molecular weight is 244 g/mol. The molecule has 0 spiro atoms. The molecule has 0 saturated carbocycles. The number of carbonyl (C=O) groups excluding carboxylic acids is 3. The van der Waals surface area contributed by atoms with E-state index in [4.69, 9.17) is 5.53 Å². The van der Waals surface area contributed by atoms with Gasteiger partial charge in [0.2, 0.25) is 0 Å². The van der Waals surface area contributed by atoms with Gasteiger partial charge in [0.05, 0.1) is 24.2 Å². The largest absolute Gasteiger partial charge is 0.298 e. The molecule has 7 nitrogen and oxygen atoms in total. The first kappa shape index (κ1) is 11.8. The first-order chi connectivity index (χ1) is 8.65. The van der Waals surface area contributed by atoms with Crippen LogP contribution in [-0.2, 0) is 4.79 Å². The number of Topliss-reactive ketones (excluding diaryl/α,β-unsaturated/α-hetero) is 1. The van der Waals surface area contributed by atoms with E-state index in [1.54, 1.807) is 12.1 Å². The number of rotatable bonds is 4. The lowest BCUT2D eigenvalue weighted by Crippen LogP contribution is -2.35. The third-order valence-corrected chi connectivity index (χ3v) is 2.52. The number of fused-ring (bicyclic) bond motifs is 1. The minimum atomic E-state index is -0.495. The Morgan fingerprint density at radius 1 is 1.22 bits per heavy atom. The molecule has 0 N–H and O–H groups in total. The first-order valence-corrected chi connectivity index (χ1v) is 5.13. The standard InChI is InChI=1S/C11H8N4O3/c12-14-13-5-7(16)6-15-10(17)8-3-1-2-4-9(8)11(15)18/h1-4H,5-6H2. The monoisotopic (exact) mass is 244 g/mol. The van der Waals surface area contributed by atoms with Crippen LogP contribution in [0.15, 0.2) is 29.4 Å². The molecule has 0 bridgehead atoms. The number of hydrogen-bond donors (Lipinski definition) is 0. The summed E-state index contributed by atoms with van der Waals surface area (Å²) < 4.78 is 0. The predicted octanol–water partition coefficient (Wildman–Crippen LogP) is 1.16. The van der Waals surface area contributed by atoms with Crippen LogP contribution in [0.5, 0.6) is 0 Å². The number of amides is 2.